The van der Waals surface area contributed by atoms with E-state index in [2.05, 4.69) is 37.8 Å². The summed E-state index contributed by atoms with van der Waals surface area (Å²) in [7, 11) is 0. The number of hydrogen-bond acceptors (Lipinski definition) is 6. The van der Waals surface area contributed by atoms with E-state index in [1.807, 2.05) is 12.1 Å². The Hall–Kier alpha value is -2.25. The predicted octanol–water partition coefficient (Wildman–Crippen LogP) is 0.508. The summed E-state index contributed by atoms with van der Waals surface area (Å²) < 4.78 is 1.44. The Labute approximate surface area is 134 Å². The van der Waals surface area contributed by atoms with Gasteiger partial charge in [-0.2, -0.15) is 0 Å². The Bertz CT molecular complexity index is 707. The van der Waals surface area contributed by atoms with E-state index in [4.69, 9.17) is 0 Å². The second kappa shape index (κ2) is 5.75. The number of carbonyl (C=O) groups is 1. The molecule has 0 spiro atoms. The molecule has 0 radical (unpaired) electrons. The predicted molar refractivity (Wildman–Crippen MR) is 83.8 cm³/mol. The number of aromatic nitrogens is 5. The zero-order chi connectivity index (χ0) is 15.8. The van der Waals surface area contributed by atoms with E-state index in [0.29, 0.717) is 11.6 Å². The number of anilines is 1. The van der Waals surface area contributed by atoms with Crippen LogP contribution in [0, 0.1) is 17.8 Å². The fraction of sp³-hybridized carbons (Fsp3) is 0.667. The van der Waals surface area contributed by atoms with E-state index in [1.54, 1.807) is 0 Å². The quantitative estimate of drug-likeness (QED) is 0.884. The Balaban J connectivity index is 1.32. The van der Waals surface area contributed by atoms with Gasteiger partial charge in [0.15, 0.2) is 11.5 Å². The van der Waals surface area contributed by atoms with Gasteiger partial charge in [-0.05, 0) is 53.7 Å². The lowest BCUT2D eigenvalue weighted by Crippen LogP contribution is -2.41. The lowest BCUT2D eigenvalue weighted by atomic mass is 9.96. The first-order valence-electron chi connectivity index (χ1n) is 8.29. The highest BCUT2D eigenvalue weighted by molar-refractivity contribution is 5.79. The first-order valence-corrected chi connectivity index (χ1v) is 8.29. The van der Waals surface area contributed by atoms with Crippen LogP contribution in [0.2, 0.25) is 0 Å². The van der Waals surface area contributed by atoms with Gasteiger partial charge < -0.3 is 10.2 Å². The van der Waals surface area contributed by atoms with Crippen LogP contribution in [0.4, 0.5) is 5.82 Å². The molecular formula is C15H21N7O. The van der Waals surface area contributed by atoms with Crippen LogP contribution in [0.5, 0.6) is 0 Å². The molecule has 0 aromatic carbocycles. The van der Waals surface area contributed by atoms with Crippen molar-refractivity contribution < 1.29 is 4.79 Å². The van der Waals surface area contributed by atoms with Crippen LogP contribution < -0.4 is 10.2 Å². The molecule has 8 nitrogen and oxygen atoms in total. The summed E-state index contributed by atoms with van der Waals surface area (Å²) in [5.74, 6) is 2.68. The molecule has 2 fully saturated rings. The Morgan fingerprint density at radius 3 is 2.87 bits per heavy atom. The molecule has 2 aromatic rings. The third-order valence-corrected chi connectivity index (χ3v) is 5.06. The number of amides is 1. The minimum Gasteiger partial charge on any atom is -0.356 e. The van der Waals surface area contributed by atoms with Crippen LogP contribution in [0.25, 0.3) is 5.65 Å². The summed E-state index contributed by atoms with van der Waals surface area (Å²) in [4.78, 5) is 14.4. The van der Waals surface area contributed by atoms with Crippen molar-refractivity contribution in [3.05, 3.63) is 12.1 Å². The fourth-order valence-corrected chi connectivity index (χ4v) is 3.24. The Morgan fingerprint density at radius 1 is 1.35 bits per heavy atom. The molecule has 122 valence electrons. The summed E-state index contributed by atoms with van der Waals surface area (Å²) in [6.07, 6.45) is 2.98. The maximum Gasteiger partial charge on any atom is 0.223 e. The van der Waals surface area contributed by atoms with Crippen molar-refractivity contribution in [3.8, 4) is 0 Å². The van der Waals surface area contributed by atoms with Crippen molar-refractivity contribution in [2.24, 2.45) is 17.8 Å². The lowest BCUT2D eigenvalue weighted by molar-refractivity contribution is -0.125. The van der Waals surface area contributed by atoms with Crippen LogP contribution in [0.3, 0.4) is 0 Å². The van der Waals surface area contributed by atoms with Crippen LogP contribution in [-0.4, -0.2) is 50.8 Å². The molecule has 0 unspecified atom stereocenters. The molecule has 1 saturated heterocycles. The zero-order valence-corrected chi connectivity index (χ0v) is 13.2. The molecule has 1 amide bonds. The second-order valence-electron chi connectivity index (χ2n) is 6.70. The van der Waals surface area contributed by atoms with Gasteiger partial charge in [0.2, 0.25) is 5.91 Å². The van der Waals surface area contributed by atoms with Crippen LogP contribution in [-0.2, 0) is 4.79 Å². The van der Waals surface area contributed by atoms with E-state index in [0.717, 1.165) is 44.2 Å². The molecule has 1 aliphatic carbocycles. The third-order valence-electron chi connectivity index (χ3n) is 5.06. The Kier molecular flexibility index (Phi) is 3.59. The number of hydrogen-bond donors (Lipinski definition) is 1. The fourth-order valence-electron chi connectivity index (χ4n) is 3.24. The molecule has 0 bridgehead atoms. The van der Waals surface area contributed by atoms with E-state index in [1.165, 1.54) is 11.1 Å². The molecule has 8 heteroatoms. The van der Waals surface area contributed by atoms with Crippen molar-refractivity contribution >= 4 is 17.4 Å². The van der Waals surface area contributed by atoms with Crippen molar-refractivity contribution in [1.29, 1.82) is 0 Å². The van der Waals surface area contributed by atoms with Gasteiger partial charge in [0.25, 0.3) is 0 Å². The van der Waals surface area contributed by atoms with Crippen LogP contribution >= 0.6 is 0 Å². The number of carbonyl (C=O) groups excluding carboxylic acids is 1. The average Bonchev–Trinajstić information content (AvgIpc) is 3.09. The van der Waals surface area contributed by atoms with Gasteiger partial charge in [0, 0.05) is 25.6 Å². The largest absolute Gasteiger partial charge is 0.356 e. The normalized spacial score (nSPS) is 24.8. The van der Waals surface area contributed by atoms with Gasteiger partial charge in [0.05, 0.1) is 0 Å². The van der Waals surface area contributed by atoms with Crippen molar-refractivity contribution in [1.82, 2.24) is 30.6 Å². The van der Waals surface area contributed by atoms with Gasteiger partial charge in [-0.15, -0.1) is 14.8 Å². The van der Waals surface area contributed by atoms with E-state index in [9.17, 15) is 4.79 Å². The summed E-state index contributed by atoms with van der Waals surface area (Å²) in [6, 6.07) is 3.79. The van der Waals surface area contributed by atoms with E-state index < -0.39 is 0 Å². The third kappa shape index (κ3) is 2.97. The number of nitrogens with zero attached hydrogens (tertiary/aromatic N) is 6. The highest BCUT2D eigenvalue weighted by Gasteiger charge is 2.33. The first-order chi connectivity index (χ1) is 11.2. The van der Waals surface area contributed by atoms with Gasteiger partial charge in [-0.3, -0.25) is 4.79 Å². The van der Waals surface area contributed by atoms with Crippen LogP contribution in [0.1, 0.15) is 26.2 Å². The van der Waals surface area contributed by atoms with Gasteiger partial charge in [0.1, 0.15) is 0 Å². The van der Waals surface area contributed by atoms with E-state index in [-0.39, 0.29) is 11.8 Å². The number of piperidine rings is 1. The van der Waals surface area contributed by atoms with Gasteiger partial charge >= 0.3 is 0 Å². The maximum atomic E-state index is 12.2. The van der Waals surface area contributed by atoms with Crippen molar-refractivity contribution in [2.75, 3.05) is 24.5 Å². The standard InChI is InChI=1S/C15H21N7O/c1-10-8-12(10)9-16-15(23)11-4-6-21(7-5-11)14-3-2-13-17-19-20-22(13)18-14/h2-3,10-12H,4-9H2,1H3,(H,16,23)/t10-,12+/m0/s1. The van der Waals surface area contributed by atoms with Crippen LogP contribution in [0.15, 0.2) is 12.1 Å². The number of fused-ring (bicyclic) bond motifs is 1. The summed E-state index contributed by atoms with van der Waals surface area (Å²) >= 11 is 0. The minimum atomic E-state index is 0.122. The topological polar surface area (TPSA) is 88.3 Å². The molecule has 1 saturated carbocycles. The molecule has 4 rings (SSSR count). The summed E-state index contributed by atoms with van der Waals surface area (Å²) in [5.41, 5.74) is 0.636. The first kappa shape index (κ1) is 14.3. The van der Waals surface area contributed by atoms with Gasteiger partial charge in [-0.25, -0.2) is 0 Å². The molecule has 1 N–H and O–H groups in total. The van der Waals surface area contributed by atoms with Crippen molar-refractivity contribution in [2.45, 2.75) is 26.2 Å². The highest BCUT2D eigenvalue weighted by Crippen LogP contribution is 2.36. The molecule has 2 aliphatic rings. The summed E-state index contributed by atoms with van der Waals surface area (Å²) in [5, 5.41) is 18.8. The molecular weight excluding hydrogens is 294 g/mol. The highest BCUT2D eigenvalue weighted by atomic mass is 16.1. The monoisotopic (exact) mass is 315 g/mol. The van der Waals surface area contributed by atoms with E-state index >= 15 is 0 Å². The molecule has 2 aromatic heterocycles. The number of rotatable bonds is 4. The maximum absolute atomic E-state index is 12.2. The zero-order valence-electron chi connectivity index (χ0n) is 13.2. The van der Waals surface area contributed by atoms with Gasteiger partial charge in [-0.1, -0.05) is 6.92 Å². The smallest absolute Gasteiger partial charge is 0.223 e. The molecule has 2 atom stereocenters. The second-order valence-corrected chi connectivity index (χ2v) is 6.70. The number of nitrogens with one attached hydrogen (secondary N) is 1. The minimum absolute atomic E-state index is 0.122. The average molecular weight is 315 g/mol. The summed E-state index contributed by atoms with van der Waals surface area (Å²) in [6.45, 7) is 4.75. The lowest BCUT2D eigenvalue weighted by Gasteiger charge is -2.31. The molecule has 23 heavy (non-hydrogen) atoms. The molecule has 1 aliphatic heterocycles. The van der Waals surface area contributed by atoms with Crippen molar-refractivity contribution in [3.63, 3.8) is 0 Å². The Morgan fingerprint density at radius 2 is 2.13 bits per heavy atom. The molecule has 3 heterocycles. The number of tetrazole rings is 1. The SMILES string of the molecule is C[C@H]1C[C@@H]1CNC(=O)C1CCN(c2ccc3nnnn3n2)CC1.